The second-order valence-electron chi connectivity index (χ2n) is 7.30. The summed E-state index contributed by atoms with van der Waals surface area (Å²) in [5, 5.41) is 0. The number of nitrogens with two attached hydrogens (primary N) is 1. The Morgan fingerprint density at radius 2 is 1.96 bits per heavy atom. The monoisotopic (exact) mass is 337 g/mol. The maximum Gasteiger partial charge on any atom is 0.410 e. The molecule has 0 saturated heterocycles. The summed E-state index contributed by atoms with van der Waals surface area (Å²) in [6, 6.07) is 1.97. The average Bonchev–Trinajstić information content (AvgIpc) is 2.96. The molecule has 1 amide bonds. The Hall–Kier alpha value is -1.56. The Labute approximate surface area is 143 Å². The number of hydrogen-bond acceptors (Lipinski definition) is 3. The fourth-order valence-corrected chi connectivity index (χ4v) is 3.35. The van der Waals surface area contributed by atoms with Gasteiger partial charge in [0.2, 0.25) is 0 Å². The summed E-state index contributed by atoms with van der Waals surface area (Å²) in [4.78, 5) is 18.0. The summed E-state index contributed by atoms with van der Waals surface area (Å²) >= 11 is 5.05. The Kier molecular flexibility index (Phi) is 5.04. The fourth-order valence-electron chi connectivity index (χ4n) is 3.23. The summed E-state index contributed by atoms with van der Waals surface area (Å²) in [5.74, 6) is 0. The highest BCUT2D eigenvalue weighted by Gasteiger charge is 2.42. The molecule has 0 aliphatic heterocycles. The second kappa shape index (κ2) is 6.51. The van der Waals surface area contributed by atoms with E-state index in [2.05, 4.69) is 4.98 Å². The van der Waals surface area contributed by atoms with Gasteiger partial charge in [-0.1, -0.05) is 31.5 Å². The number of carbonyl (C=O) groups is 1. The normalized spacial score (nSPS) is 17.6. The molecule has 0 aromatic carbocycles. The third kappa shape index (κ3) is 3.86. The molecule has 1 saturated carbocycles. The molecule has 0 radical (unpaired) electrons. The number of rotatable bonds is 3. The highest BCUT2D eigenvalue weighted by Crippen LogP contribution is 2.42. The molecular formula is C17H27N3O2S. The first-order valence-corrected chi connectivity index (χ1v) is 8.52. The van der Waals surface area contributed by atoms with Gasteiger partial charge in [0.15, 0.2) is 0 Å². The smallest absolute Gasteiger partial charge is 0.410 e. The molecule has 3 N–H and O–H groups in total. The molecule has 5 nitrogen and oxygen atoms in total. The van der Waals surface area contributed by atoms with E-state index in [1.807, 2.05) is 40.1 Å². The highest BCUT2D eigenvalue weighted by molar-refractivity contribution is 7.80. The lowest BCUT2D eigenvalue weighted by Crippen LogP contribution is -2.50. The van der Waals surface area contributed by atoms with Crippen LogP contribution in [0.5, 0.6) is 0 Å². The molecule has 0 spiro atoms. The first-order valence-electron chi connectivity index (χ1n) is 8.11. The van der Waals surface area contributed by atoms with E-state index in [1.54, 1.807) is 4.90 Å². The Bertz CT molecular complexity index is 583. The minimum absolute atomic E-state index is 0.300. The SMILES string of the molecule is CN(C(=O)OC(C)(C)C)C1(c2cc(C(N)=S)c[nH]2)CCCCC1. The van der Waals surface area contributed by atoms with Crippen molar-refractivity contribution in [3.63, 3.8) is 0 Å². The first-order chi connectivity index (χ1) is 10.7. The standard InChI is InChI=1S/C17H27N3O2S/c1-16(2,3)22-15(21)20(4)17(8-6-5-7-9-17)13-10-12(11-19-13)14(18)23/h10-11,19H,5-9H2,1-4H3,(H2,18,23). The maximum atomic E-state index is 12.6. The van der Waals surface area contributed by atoms with Crippen LogP contribution in [0.2, 0.25) is 0 Å². The molecule has 6 heteroatoms. The van der Waals surface area contributed by atoms with Crippen LogP contribution in [0.1, 0.15) is 64.1 Å². The van der Waals surface area contributed by atoms with Gasteiger partial charge in [-0.25, -0.2) is 4.79 Å². The van der Waals surface area contributed by atoms with Gasteiger partial charge in [-0.3, -0.25) is 0 Å². The number of aromatic nitrogens is 1. The molecule has 1 aromatic rings. The minimum Gasteiger partial charge on any atom is -0.444 e. The molecule has 2 rings (SSSR count). The van der Waals surface area contributed by atoms with Crippen LogP contribution in [0.4, 0.5) is 4.79 Å². The third-order valence-electron chi connectivity index (χ3n) is 4.46. The predicted octanol–water partition coefficient (Wildman–Crippen LogP) is 3.68. The van der Waals surface area contributed by atoms with Crippen LogP contribution in [0.3, 0.4) is 0 Å². The summed E-state index contributed by atoms with van der Waals surface area (Å²) in [7, 11) is 1.82. The van der Waals surface area contributed by atoms with E-state index in [9.17, 15) is 4.79 Å². The molecular weight excluding hydrogens is 310 g/mol. The van der Waals surface area contributed by atoms with E-state index in [4.69, 9.17) is 22.7 Å². The number of ether oxygens (including phenoxy) is 1. The van der Waals surface area contributed by atoms with E-state index in [-0.39, 0.29) is 11.6 Å². The number of H-pyrrole nitrogens is 1. The molecule has 1 aliphatic rings. The van der Waals surface area contributed by atoms with Gasteiger partial charge in [-0.15, -0.1) is 0 Å². The summed E-state index contributed by atoms with van der Waals surface area (Å²) < 4.78 is 5.58. The van der Waals surface area contributed by atoms with Gasteiger partial charge in [0, 0.05) is 24.5 Å². The van der Waals surface area contributed by atoms with Crippen molar-refractivity contribution in [2.45, 2.75) is 64.0 Å². The topological polar surface area (TPSA) is 71.3 Å². The first kappa shape index (κ1) is 17.8. The van der Waals surface area contributed by atoms with E-state index >= 15 is 0 Å². The van der Waals surface area contributed by atoms with Crippen molar-refractivity contribution in [3.8, 4) is 0 Å². The van der Waals surface area contributed by atoms with E-state index in [1.165, 1.54) is 6.42 Å². The van der Waals surface area contributed by atoms with Crippen LogP contribution >= 0.6 is 12.2 Å². The molecule has 0 unspecified atom stereocenters. The van der Waals surface area contributed by atoms with Crippen LogP contribution in [0.15, 0.2) is 12.3 Å². The van der Waals surface area contributed by atoms with Crippen LogP contribution in [0, 0.1) is 0 Å². The van der Waals surface area contributed by atoms with Crippen molar-refractivity contribution in [2.75, 3.05) is 7.05 Å². The van der Waals surface area contributed by atoms with Gasteiger partial charge < -0.3 is 20.4 Å². The third-order valence-corrected chi connectivity index (χ3v) is 4.69. The number of carbonyl (C=O) groups excluding carboxylic acids is 1. The lowest BCUT2D eigenvalue weighted by molar-refractivity contribution is -0.00654. The lowest BCUT2D eigenvalue weighted by Gasteiger charge is -2.44. The van der Waals surface area contributed by atoms with E-state index in [0.717, 1.165) is 36.9 Å². The summed E-state index contributed by atoms with van der Waals surface area (Å²) in [5.41, 5.74) is 6.61. The Morgan fingerprint density at radius 1 is 1.35 bits per heavy atom. The molecule has 0 bridgehead atoms. The molecule has 23 heavy (non-hydrogen) atoms. The molecule has 1 heterocycles. The number of hydrogen-bond donors (Lipinski definition) is 2. The Morgan fingerprint density at radius 3 is 2.43 bits per heavy atom. The molecule has 1 aromatic heterocycles. The number of nitrogens with one attached hydrogen (secondary N) is 1. The van der Waals surface area contributed by atoms with Crippen molar-refractivity contribution in [3.05, 3.63) is 23.5 Å². The van der Waals surface area contributed by atoms with Crippen molar-refractivity contribution in [1.29, 1.82) is 0 Å². The summed E-state index contributed by atoms with van der Waals surface area (Å²) in [6.07, 6.45) is 6.67. The number of aromatic amines is 1. The quantitative estimate of drug-likeness (QED) is 0.826. The van der Waals surface area contributed by atoms with Crippen molar-refractivity contribution >= 4 is 23.3 Å². The zero-order valence-corrected chi connectivity index (χ0v) is 15.3. The van der Waals surface area contributed by atoms with Gasteiger partial charge in [0.05, 0.1) is 5.54 Å². The van der Waals surface area contributed by atoms with Gasteiger partial charge in [0.25, 0.3) is 0 Å². The Balaban J connectivity index is 2.34. The molecule has 1 fully saturated rings. The van der Waals surface area contributed by atoms with Crippen LogP contribution in [-0.4, -0.2) is 33.6 Å². The van der Waals surface area contributed by atoms with Gasteiger partial charge in [-0.05, 0) is 39.7 Å². The summed E-state index contributed by atoms with van der Waals surface area (Å²) in [6.45, 7) is 5.64. The number of thiocarbonyl (C=S) groups is 1. The van der Waals surface area contributed by atoms with Gasteiger partial charge in [0.1, 0.15) is 10.6 Å². The van der Waals surface area contributed by atoms with Crippen molar-refractivity contribution in [2.24, 2.45) is 5.73 Å². The second-order valence-corrected chi connectivity index (χ2v) is 7.74. The average molecular weight is 337 g/mol. The largest absolute Gasteiger partial charge is 0.444 e. The zero-order chi connectivity index (χ0) is 17.3. The molecule has 1 aliphatic carbocycles. The van der Waals surface area contributed by atoms with Crippen LogP contribution in [-0.2, 0) is 10.3 Å². The van der Waals surface area contributed by atoms with E-state index < -0.39 is 5.60 Å². The lowest BCUT2D eigenvalue weighted by atomic mass is 9.78. The van der Waals surface area contributed by atoms with Crippen molar-refractivity contribution in [1.82, 2.24) is 9.88 Å². The maximum absolute atomic E-state index is 12.6. The zero-order valence-electron chi connectivity index (χ0n) is 14.4. The van der Waals surface area contributed by atoms with Crippen LogP contribution in [0.25, 0.3) is 0 Å². The van der Waals surface area contributed by atoms with E-state index in [0.29, 0.717) is 4.99 Å². The highest BCUT2D eigenvalue weighted by atomic mass is 32.1. The fraction of sp³-hybridized carbons (Fsp3) is 0.647. The van der Waals surface area contributed by atoms with Gasteiger partial charge >= 0.3 is 6.09 Å². The number of amides is 1. The minimum atomic E-state index is -0.513. The molecule has 0 atom stereocenters. The van der Waals surface area contributed by atoms with Crippen LogP contribution < -0.4 is 5.73 Å². The van der Waals surface area contributed by atoms with Crippen molar-refractivity contribution < 1.29 is 9.53 Å². The number of nitrogens with zero attached hydrogens (tertiary/aromatic N) is 1. The predicted molar refractivity (Wildman–Crippen MR) is 95.4 cm³/mol. The molecule has 128 valence electrons. The van der Waals surface area contributed by atoms with Gasteiger partial charge in [-0.2, -0.15) is 0 Å².